The smallest absolute Gasteiger partial charge is 0.264 e. The lowest BCUT2D eigenvalue weighted by molar-refractivity contribution is -0.139. The fourth-order valence-electron chi connectivity index (χ4n) is 4.08. The molecule has 7 nitrogen and oxygen atoms in total. The van der Waals surface area contributed by atoms with E-state index in [4.69, 9.17) is 23.2 Å². The van der Waals surface area contributed by atoms with Crippen molar-refractivity contribution in [1.29, 1.82) is 0 Å². The van der Waals surface area contributed by atoms with Crippen molar-refractivity contribution in [2.75, 3.05) is 17.4 Å². The molecule has 0 aliphatic carbocycles. The van der Waals surface area contributed by atoms with Crippen molar-refractivity contribution in [2.24, 2.45) is 0 Å². The standard InChI is InChI=1S/C30H35Cl2N3O4S/c1-5-6-16-33-30(37)23(4)34(19-24-13-15-27(31)28(32)18-24)29(36)20-35(25-14-12-21(2)22(3)17-25)40(38,39)26-10-8-7-9-11-26/h7-15,17-18,23H,5-6,16,19-20H2,1-4H3,(H,33,37)/t23-/m1/s1. The van der Waals surface area contributed by atoms with Gasteiger partial charge in [0, 0.05) is 13.1 Å². The van der Waals surface area contributed by atoms with E-state index in [-0.39, 0.29) is 17.3 Å². The first-order chi connectivity index (χ1) is 18.9. The van der Waals surface area contributed by atoms with Crippen LogP contribution in [0, 0.1) is 13.8 Å². The minimum Gasteiger partial charge on any atom is -0.354 e. The summed E-state index contributed by atoms with van der Waals surface area (Å²) in [4.78, 5) is 28.4. The first kappa shape index (κ1) is 31.5. The average Bonchev–Trinajstić information content (AvgIpc) is 2.93. The molecule has 0 saturated carbocycles. The Labute approximate surface area is 247 Å². The molecule has 0 aliphatic rings. The molecular formula is C30H35Cl2N3O4S. The van der Waals surface area contributed by atoms with Crippen molar-refractivity contribution in [2.45, 2.75) is 58.0 Å². The van der Waals surface area contributed by atoms with Crippen LogP contribution in [-0.2, 0) is 26.2 Å². The predicted molar refractivity (Wildman–Crippen MR) is 161 cm³/mol. The van der Waals surface area contributed by atoms with Gasteiger partial charge in [-0.3, -0.25) is 13.9 Å². The second-order valence-electron chi connectivity index (χ2n) is 9.68. The van der Waals surface area contributed by atoms with Crippen molar-refractivity contribution < 1.29 is 18.0 Å². The van der Waals surface area contributed by atoms with Crippen LogP contribution in [0.3, 0.4) is 0 Å². The van der Waals surface area contributed by atoms with E-state index < -0.39 is 28.5 Å². The molecule has 0 spiro atoms. The minimum atomic E-state index is -4.11. The van der Waals surface area contributed by atoms with Crippen LogP contribution in [0.1, 0.15) is 43.4 Å². The summed E-state index contributed by atoms with van der Waals surface area (Å²) >= 11 is 12.3. The number of amides is 2. The Kier molecular flexibility index (Phi) is 11.0. The van der Waals surface area contributed by atoms with Gasteiger partial charge in [-0.25, -0.2) is 8.42 Å². The first-order valence-corrected chi connectivity index (χ1v) is 15.3. The Morgan fingerprint density at radius 3 is 2.25 bits per heavy atom. The van der Waals surface area contributed by atoms with E-state index in [1.54, 1.807) is 55.5 Å². The molecule has 0 saturated heterocycles. The number of benzene rings is 3. The molecule has 1 atom stereocenters. The Bertz CT molecular complexity index is 1450. The maximum absolute atomic E-state index is 14.0. The monoisotopic (exact) mass is 603 g/mol. The molecular weight excluding hydrogens is 569 g/mol. The number of halogens is 2. The fourth-order valence-corrected chi connectivity index (χ4v) is 5.83. The van der Waals surface area contributed by atoms with Crippen molar-refractivity contribution in [3.8, 4) is 0 Å². The lowest BCUT2D eigenvalue weighted by atomic mass is 10.1. The van der Waals surface area contributed by atoms with Gasteiger partial charge in [0.15, 0.2) is 0 Å². The number of rotatable bonds is 12. The minimum absolute atomic E-state index is 0.0320. The molecule has 0 aromatic heterocycles. The van der Waals surface area contributed by atoms with E-state index in [1.807, 2.05) is 26.8 Å². The predicted octanol–water partition coefficient (Wildman–Crippen LogP) is 6.14. The van der Waals surface area contributed by atoms with Gasteiger partial charge >= 0.3 is 0 Å². The summed E-state index contributed by atoms with van der Waals surface area (Å²) in [6.07, 6.45) is 1.71. The third kappa shape index (κ3) is 7.77. The highest BCUT2D eigenvalue weighted by atomic mass is 35.5. The van der Waals surface area contributed by atoms with Crippen LogP contribution < -0.4 is 9.62 Å². The van der Waals surface area contributed by atoms with Crippen molar-refractivity contribution in [3.63, 3.8) is 0 Å². The number of carbonyl (C=O) groups is 2. The first-order valence-electron chi connectivity index (χ1n) is 13.1. The maximum atomic E-state index is 14.0. The van der Waals surface area contributed by atoms with Crippen LogP contribution in [0.5, 0.6) is 0 Å². The molecule has 1 N–H and O–H groups in total. The molecule has 40 heavy (non-hydrogen) atoms. The molecule has 0 fully saturated rings. The van der Waals surface area contributed by atoms with Gasteiger partial charge in [0.05, 0.1) is 20.6 Å². The number of nitrogens with zero attached hydrogens (tertiary/aromatic N) is 2. The quantitative estimate of drug-likeness (QED) is 0.252. The second-order valence-corrected chi connectivity index (χ2v) is 12.4. The van der Waals surface area contributed by atoms with Gasteiger partial charge in [-0.15, -0.1) is 0 Å². The van der Waals surface area contributed by atoms with Crippen LogP contribution in [0.2, 0.25) is 10.0 Å². The number of aryl methyl sites for hydroxylation is 2. The summed E-state index contributed by atoms with van der Waals surface area (Å²) in [6, 6.07) is 17.3. The van der Waals surface area contributed by atoms with Crippen LogP contribution in [-0.4, -0.2) is 44.3 Å². The molecule has 3 aromatic rings. The van der Waals surface area contributed by atoms with Crippen molar-refractivity contribution in [3.05, 3.63) is 93.5 Å². The molecule has 0 radical (unpaired) electrons. The molecule has 3 rings (SSSR count). The van der Waals surface area contributed by atoms with Gasteiger partial charge in [0.2, 0.25) is 11.8 Å². The molecule has 0 aliphatic heterocycles. The zero-order valence-corrected chi connectivity index (χ0v) is 25.5. The Balaban J connectivity index is 2.02. The number of unbranched alkanes of at least 4 members (excludes halogenated alkanes) is 1. The van der Waals surface area contributed by atoms with Crippen LogP contribution in [0.15, 0.2) is 71.6 Å². The van der Waals surface area contributed by atoms with E-state index in [0.717, 1.165) is 28.3 Å². The van der Waals surface area contributed by atoms with E-state index in [9.17, 15) is 18.0 Å². The van der Waals surface area contributed by atoms with Gasteiger partial charge in [0.25, 0.3) is 10.0 Å². The summed E-state index contributed by atoms with van der Waals surface area (Å²) in [7, 11) is -4.11. The second kappa shape index (κ2) is 14.0. The number of anilines is 1. The molecule has 0 bridgehead atoms. The Hall–Kier alpha value is -3.07. The number of hydrogen-bond donors (Lipinski definition) is 1. The summed E-state index contributed by atoms with van der Waals surface area (Å²) in [5, 5.41) is 3.55. The highest BCUT2D eigenvalue weighted by Gasteiger charge is 2.32. The van der Waals surface area contributed by atoms with Gasteiger partial charge in [-0.05, 0) is 80.3 Å². The SMILES string of the molecule is CCCCNC(=O)[C@@H](C)N(Cc1ccc(Cl)c(Cl)c1)C(=O)CN(c1ccc(C)c(C)c1)S(=O)(=O)c1ccccc1. The normalized spacial score (nSPS) is 12.1. The van der Waals surface area contributed by atoms with Crippen molar-refractivity contribution >= 4 is 50.7 Å². The van der Waals surface area contributed by atoms with Gasteiger partial charge in [-0.1, -0.05) is 66.9 Å². The molecule has 0 heterocycles. The summed E-state index contributed by atoms with van der Waals surface area (Å²) in [6.45, 7) is 7.46. The molecule has 214 valence electrons. The highest BCUT2D eigenvalue weighted by Crippen LogP contribution is 2.27. The topological polar surface area (TPSA) is 86.8 Å². The maximum Gasteiger partial charge on any atom is 0.264 e. The Morgan fingerprint density at radius 2 is 1.62 bits per heavy atom. The van der Waals surface area contributed by atoms with E-state index in [1.165, 1.54) is 17.0 Å². The highest BCUT2D eigenvalue weighted by molar-refractivity contribution is 7.92. The fraction of sp³-hybridized carbons (Fsp3) is 0.333. The number of hydrogen-bond acceptors (Lipinski definition) is 4. The van der Waals surface area contributed by atoms with E-state index in [0.29, 0.717) is 27.8 Å². The zero-order valence-electron chi connectivity index (χ0n) is 23.2. The average molecular weight is 605 g/mol. The van der Waals surface area contributed by atoms with Crippen molar-refractivity contribution in [1.82, 2.24) is 10.2 Å². The molecule has 10 heteroatoms. The van der Waals surface area contributed by atoms with Crippen LogP contribution in [0.25, 0.3) is 0 Å². The van der Waals surface area contributed by atoms with Gasteiger partial charge in [-0.2, -0.15) is 0 Å². The lowest BCUT2D eigenvalue weighted by Gasteiger charge is -2.32. The third-order valence-corrected chi connectivity index (χ3v) is 9.25. The number of carbonyl (C=O) groups excluding carboxylic acids is 2. The molecule has 2 amide bonds. The third-order valence-electron chi connectivity index (χ3n) is 6.72. The van der Waals surface area contributed by atoms with Gasteiger partial charge < -0.3 is 10.2 Å². The summed E-state index contributed by atoms with van der Waals surface area (Å²) in [5.41, 5.74) is 2.88. The molecule has 0 unspecified atom stereocenters. The Morgan fingerprint density at radius 1 is 0.925 bits per heavy atom. The largest absolute Gasteiger partial charge is 0.354 e. The number of nitrogens with one attached hydrogen (secondary N) is 1. The zero-order chi connectivity index (χ0) is 29.4. The molecule has 3 aromatic carbocycles. The van der Waals surface area contributed by atoms with E-state index in [2.05, 4.69) is 5.32 Å². The summed E-state index contributed by atoms with van der Waals surface area (Å²) < 4.78 is 28.8. The lowest BCUT2D eigenvalue weighted by Crippen LogP contribution is -2.51. The summed E-state index contributed by atoms with van der Waals surface area (Å²) in [5.74, 6) is -0.868. The van der Waals surface area contributed by atoms with Gasteiger partial charge in [0.1, 0.15) is 12.6 Å². The van der Waals surface area contributed by atoms with E-state index >= 15 is 0 Å². The number of sulfonamides is 1. The van der Waals surface area contributed by atoms with Crippen LogP contribution >= 0.6 is 23.2 Å². The van der Waals surface area contributed by atoms with Crippen LogP contribution in [0.4, 0.5) is 5.69 Å².